The van der Waals surface area contributed by atoms with Crippen molar-refractivity contribution in [3.8, 4) is 0 Å². The monoisotopic (exact) mass is 237 g/mol. The minimum atomic E-state index is -3.00. The van der Waals surface area contributed by atoms with E-state index < -0.39 is 7.60 Å². The van der Waals surface area contributed by atoms with Crippen LogP contribution < -0.4 is 5.32 Å². The second kappa shape index (κ2) is 7.85. The Morgan fingerprint density at radius 1 is 1.20 bits per heavy atom. The van der Waals surface area contributed by atoms with Gasteiger partial charge in [0.1, 0.15) is 0 Å². The molecule has 0 aliphatic heterocycles. The largest absolute Gasteiger partial charge is 0.355 e. The van der Waals surface area contributed by atoms with Gasteiger partial charge in [-0.05, 0) is 13.8 Å². The number of amides is 1. The van der Waals surface area contributed by atoms with E-state index in [1.54, 1.807) is 20.8 Å². The Hall–Kier alpha value is -0.380. The summed E-state index contributed by atoms with van der Waals surface area (Å²) in [5.74, 6) is -0.0606. The molecule has 0 spiro atoms. The Morgan fingerprint density at radius 3 is 2.13 bits per heavy atom. The second-order valence-electron chi connectivity index (χ2n) is 2.87. The number of nitrogens with one attached hydrogen (secondary N) is 1. The SMILES string of the molecule is CCOP(=O)(CCNC(=O)CC)OCC. The molecule has 0 bridgehead atoms. The molecule has 1 N–H and O–H groups in total. The predicted octanol–water partition coefficient (Wildman–Crippen LogP) is 1.78. The summed E-state index contributed by atoms with van der Waals surface area (Å²) in [6.07, 6.45) is 0.647. The topological polar surface area (TPSA) is 64.6 Å². The molecule has 0 radical (unpaired) electrons. The Morgan fingerprint density at radius 2 is 1.73 bits per heavy atom. The number of hydrogen-bond donors (Lipinski definition) is 1. The van der Waals surface area contributed by atoms with Gasteiger partial charge in [-0.2, -0.15) is 0 Å². The lowest BCUT2D eigenvalue weighted by Gasteiger charge is -2.16. The van der Waals surface area contributed by atoms with E-state index in [0.717, 1.165) is 0 Å². The van der Waals surface area contributed by atoms with Gasteiger partial charge in [0, 0.05) is 13.0 Å². The Kier molecular flexibility index (Phi) is 7.65. The van der Waals surface area contributed by atoms with Gasteiger partial charge in [-0.15, -0.1) is 0 Å². The van der Waals surface area contributed by atoms with Crippen LogP contribution in [0.2, 0.25) is 0 Å². The fourth-order valence-corrected chi connectivity index (χ4v) is 2.52. The highest BCUT2D eigenvalue weighted by Crippen LogP contribution is 2.47. The van der Waals surface area contributed by atoms with E-state index in [1.165, 1.54) is 0 Å². The first-order valence-electron chi connectivity index (χ1n) is 5.22. The van der Waals surface area contributed by atoms with Gasteiger partial charge >= 0.3 is 7.60 Å². The molecule has 0 aromatic rings. The van der Waals surface area contributed by atoms with E-state index in [0.29, 0.717) is 26.2 Å². The number of hydrogen-bond acceptors (Lipinski definition) is 4. The van der Waals surface area contributed by atoms with Crippen LogP contribution in [0.25, 0.3) is 0 Å². The summed E-state index contributed by atoms with van der Waals surface area (Å²) in [6.45, 7) is 6.30. The van der Waals surface area contributed by atoms with Crippen LogP contribution in [0.1, 0.15) is 27.2 Å². The van der Waals surface area contributed by atoms with Gasteiger partial charge in [0.15, 0.2) is 0 Å². The van der Waals surface area contributed by atoms with Crippen molar-refractivity contribution in [3.63, 3.8) is 0 Å². The van der Waals surface area contributed by atoms with Gasteiger partial charge < -0.3 is 14.4 Å². The van der Waals surface area contributed by atoms with Crippen molar-refractivity contribution in [2.45, 2.75) is 27.2 Å². The average Bonchev–Trinajstić information content (AvgIpc) is 2.18. The van der Waals surface area contributed by atoms with E-state index >= 15 is 0 Å². The maximum atomic E-state index is 11.9. The third-order valence-electron chi connectivity index (χ3n) is 1.68. The standard InChI is InChI=1S/C9H20NO4P/c1-4-9(11)10-7-8-15(12,13-5-2)14-6-3/h4-8H2,1-3H3,(H,10,11). The van der Waals surface area contributed by atoms with Gasteiger partial charge in [-0.3, -0.25) is 9.36 Å². The second-order valence-corrected chi connectivity index (χ2v) is 5.06. The fraction of sp³-hybridized carbons (Fsp3) is 0.889. The molecule has 5 nitrogen and oxygen atoms in total. The summed E-state index contributed by atoms with van der Waals surface area (Å²) in [7, 11) is -3.00. The van der Waals surface area contributed by atoms with Crippen LogP contribution in [-0.2, 0) is 18.4 Å². The zero-order chi connectivity index (χ0) is 11.7. The van der Waals surface area contributed by atoms with Crippen LogP contribution in [-0.4, -0.2) is 31.8 Å². The highest BCUT2D eigenvalue weighted by Gasteiger charge is 2.22. The molecule has 0 aliphatic carbocycles. The van der Waals surface area contributed by atoms with Crippen molar-refractivity contribution in [3.05, 3.63) is 0 Å². The third kappa shape index (κ3) is 6.66. The maximum Gasteiger partial charge on any atom is 0.332 e. The molecule has 15 heavy (non-hydrogen) atoms. The van der Waals surface area contributed by atoms with E-state index in [2.05, 4.69) is 5.32 Å². The van der Waals surface area contributed by atoms with E-state index in [9.17, 15) is 9.36 Å². The van der Waals surface area contributed by atoms with E-state index in [-0.39, 0.29) is 12.1 Å². The molecule has 0 atom stereocenters. The van der Waals surface area contributed by atoms with Crippen LogP contribution in [0.15, 0.2) is 0 Å². The predicted molar refractivity (Wildman–Crippen MR) is 59.0 cm³/mol. The molecule has 0 heterocycles. The van der Waals surface area contributed by atoms with Crippen LogP contribution >= 0.6 is 7.60 Å². The minimum absolute atomic E-state index is 0.0606. The van der Waals surface area contributed by atoms with Crippen molar-refractivity contribution in [1.29, 1.82) is 0 Å². The van der Waals surface area contributed by atoms with Crippen LogP contribution in [0.4, 0.5) is 0 Å². The molecular formula is C9H20NO4P. The van der Waals surface area contributed by atoms with Crippen LogP contribution in [0, 0.1) is 0 Å². The molecule has 1 amide bonds. The van der Waals surface area contributed by atoms with Crippen LogP contribution in [0.3, 0.4) is 0 Å². The van der Waals surface area contributed by atoms with Crippen molar-refractivity contribution < 1.29 is 18.4 Å². The lowest BCUT2D eigenvalue weighted by molar-refractivity contribution is -0.120. The van der Waals surface area contributed by atoms with Gasteiger partial charge in [0.05, 0.1) is 19.4 Å². The third-order valence-corrected chi connectivity index (χ3v) is 3.76. The highest BCUT2D eigenvalue weighted by atomic mass is 31.2. The molecule has 0 aromatic heterocycles. The quantitative estimate of drug-likeness (QED) is 0.653. The number of rotatable bonds is 8. The summed E-state index contributed by atoms with van der Waals surface area (Å²) in [6, 6.07) is 0. The molecular weight excluding hydrogens is 217 g/mol. The molecule has 0 rings (SSSR count). The summed E-state index contributed by atoms with van der Waals surface area (Å²) >= 11 is 0. The molecule has 0 saturated heterocycles. The maximum absolute atomic E-state index is 11.9. The Labute approximate surface area is 91.1 Å². The molecule has 0 aliphatic rings. The van der Waals surface area contributed by atoms with Crippen molar-refractivity contribution >= 4 is 13.5 Å². The van der Waals surface area contributed by atoms with Gasteiger partial charge in [-0.1, -0.05) is 6.92 Å². The first-order chi connectivity index (χ1) is 7.08. The molecule has 6 heteroatoms. The normalized spacial score (nSPS) is 11.4. The summed E-state index contributed by atoms with van der Waals surface area (Å²) < 4.78 is 22.0. The van der Waals surface area contributed by atoms with E-state index in [1.807, 2.05) is 0 Å². The van der Waals surface area contributed by atoms with Crippen molar-refractivity contribution in [2.24, 2.45) is 0 Å². The van der Waals surface area contributed by atoms with Gasteiger partial charge in [0.2, 0.25) is 5.91 Å². The van der Waals surface area contributed by atoms with Gasteiger partial charge in [-0.25, -0.2) is 0 Å². The molecule has 0 unspecified atom stereocenters. The lowest BCUT2D eigenvalue weighted by Crippen LogP contribution is -2.26. The lowest BCUT2D eigenvalue weighted by atomic mass is 10.4. The molecule has 90 valence electrons. The Bertz CT molecular complexity index is 222. The minimum Gasteiger partial charge on any atom is -0.355 e. The molecule has 0 aromatic carbocycles. The number of carbonyl (C=O) groups is 1. The Balaban J connectivity index is 3.96. The first-order valence-corrected chi connectivity index (χ1v) is 6.95. The zero-order valence-electron chi connectivity index (χ0n) is 9.62. The smallest absolute Gasteiger partial charge is 0.332 e. The zero-order valence-corrected chi connectivity index (χ0v) is 10.5. The highest BCUT2D eigenvalue weighted by molar-refractivity contribution is 7.53. The van der Waals surface area contributed by atoms with E-state index in [4.69, 9.17) is 9.05 Å². The summed E-state index contributed by atoms with van der Waals surface area (Å²) in [5.41, 5.74) is 0. The summed E-state index contributed by atoms with van der Waals surface area (Å²) in [5, 5.41) is 2.63. The molecule has 0 saturated carbocycles. The first kappa shape index (κ1) is 14.6. The fourth-order valence-electron chi connectivity index (χ4n) is 1.02. The van der Waals surface area contributed by atoms with Crippen molar-refractivity contribution in [2.75, 3.05) is 25.9 Å². The molecule has 0 fully saturated rings. The average molecular weight is 237 g/mol. The van der Waals surface area contributed by atoms with Crippen LogP contribution in [0.5, 0.6) is 0 Å². The van der Waals surface area contributed by atoms with Gasteiger partial charge in [0.25, 0.3) is 0 Å². The summed E-state index contributed by atoms with van der Waals surface area (Å²) in [4.78, 5) is 10.9. The number of carbonyl (C=O) groups excluding carboxylic acids is 1. The van der Waals surface area contributed by atoms with Crippen molar-refractivity contribution in [1.82, 2.24) is 5.32 Å².